The van der Waals surface area contributed by atoms with Crippen molar-refractivity contribution >= 4 is 17.2 Å². The average molecular weight is 275 g/mol. The van der Waals surface area contributed by atoms with Gasteiger partial charge < -0.3 is 9.64 Å². The summed E-state index contributed by atoms with van der Waals surface area (Å²) in [6, 6.07) is 3.84. The molecule has 0 aromatic carbocycles. The molecule has 0 bridgehead atoms. The molecule has 2 aromatic rings. The number of ether oxygens (including phenoxy) is 1. The molecule has 0 saturated carbocycles. The summed E-state index contributed by atoms with van der Waals surface area (Å²) in [5, 5.41) is 0. The van der Waals surface area contributed by atoms with Crippen molar-refractivity contribution in [3.63, 3.8) is 0 Å². The number of hydrogen-bond acceptors (Lipinski definition) is 5. The first-order valence-corrected chi connectivity index (χ1v) is 6.92. The first-order chi connectivity index (χ1) is 9.34. The number of morpholine rings is 1. The van der Waals surface area contributed by atoms with Gasteiger partial charge in [-0.05, 0) is 17.7 Å². The molecule has 0 N–H and O–H groups in total. The van der Waals surface area contributed by atoms with E-state index in [1.165, 1.54) is 11.3 Å². The standard InChI is InChI=1S/C13H13N3O2S/c17-13(12-7-15-9-19-12)16-5-6-18-11(8-16)10-1-3-14-4-2-10/h1-4,7,9,11H,5-6,8H2/t11-/m0/s1. The zero-order chi connectivity index (χ0) is 13.1. The molecule has 1 aliphatic heterocycles. The molecule has 5 nitrogen and oxygen atoms in total. The van der Waals surface area contributed by atoms with Gasteiger partial charge in [0.05, 0.1) is 24.9 Å². The summed E-state index contributed by atoms with van der Waals surface area (Å²) in [7, 11) is 0. The Bertz CT molecular complexity index is 544. The van der Waals surface area contributed by atoms with Crippen LogP contribution in [0.25, 0.3) is 0 Å². The largest absolute Gasteiger partial charge is 0.370 e. The Balaban J connectivity index is 1.73. The summed E-state index contributed by atoms with van der Waals surface area (Å²) < 4.78 is 5.73. The maximum absolute atomic E-state index is 12.3. The number of carbonyl (C=O) groups is 1. The van der Waals surface area contributed by atoms with Crippen molar-refractivity contribution in [2.24, 2.45) is 0 Å². The van der Waals surface area contributed by atoms with Crippen LogP contribution in [-0.4, -0.2) is 40.5 Å². The third kappa shape index (κ3) is 2.64. The lowest BCUT2D eigenvalue weighted by molar-refractivity contribution is -0.0227. The fraction of sp³-hybridized carbons (Fsp3) is 0.308. The Morgan fingerprint density at radius 2 is 2.21 bits per heavy atom. The minimum Gasteiger partial charge on any atom is -0.370 e. The van der Waals surface area contributed by atoms with Crippen LogP contribution in [0.4, 0.5) is 0 Å². The van der Waals surface area contributed by atoms with E-state index >= 15 is 0 Å². The topological polar surface area (TPSA) is 55.3 Å². The van der Waals surface area contributed by atoms with Crippen LogP contribution < -0.4 is 0 Å². The Hall–Kier alpha value is -1.79. The second-order valence-corrected chi connectivity index (χ2v) is 5.14. The molecule has 0 spiro atoms. The molecule has 1 saturated heterocycles. The summed E-state index contributed by atoms with van der Waals surface area (Å²) in [6.07, 6.45) is 5.02. The van der Waals surface area contributed by atoms with E-state index in [1.54, 1.807) is 24.1 Å². The first-order valence-electron chi connectivity index (χ1n) is 6.04. The molecule has 98 valence electrons. The second-order valence-electron chi connectivity index (χ2n) is 4.26. The minimum absolute atomic E-state index is 0.0323. The molecule has 3 rings (SSSR count). The molecule has 19 heavy (non-hydrogen) atoms. The van der Waals surface area contributed by atoms with E-state index < -0.39 is 0 Å². The minimum atomic E-state index is -0.0754. The van der Waals surface area contributed by atoms with E-state index in [-0.39, 0.29) is 12.0 Å². The first kappa shape index (κ1) is 12.3. The van der Waals surface area contributed by atoms with Gasteiger partial charge in [0.2, 0.25) is 0 Å². The zero-order valence-corrected chi connectivity index (χ0v) is 11.0. The number of nitrogens with zero attached hydrogens (tertiary/aromatic N) is 3. The van der Waals surface area contributed by atoms with Crippen LogP contribution in [0, 0.1) is 0 Å². The molecular weight excluding hydrogens is 262 g/mol. The summed E-state index contributed by atoms with van der Waals surface area (Å²) in [6.45, 7) is 1.75. The van der Waals surface area contributed by atoms with Crippen molar-refractivity contribution in [1.82, 2.24) is 14.9 Å². The number of pyridine rings is 1. The highest BCUT2D eigenvalue weighted by molar-refractivity contribution is 7.11. The number of rotatable bonds is 2. The van der Waals surface area contributed by atoms with Crippen LogP contribution in [0.5, 0.6) is 0 Å². The smallest absolute Gasteiger partial charge is 0.265 e. The Labute approximate surface area is 114 Å². The van der Waals surface area contributed by atoms with Crippen LogP contribution in [0.3, 0.4) is 0 Å². The zero-order valence-electron chi connectivity index (χ0n) is 10.2. The summed E-state index contributed by atoms with van der Waals surface area (Å²) in [5.41, 5.74) is 2.73. The van der Waals surface area contributed by atoms with Gasteiger partial charge in [-0.2, -0.15) is 0 Å². The van der Waals surface area contributed by atoms with Crippen LogP contribution in [0.2, 0.25) is 0 Å². The fourth-order valence-corrected chi connectivity index (χ4v) is 2.68. The lowest BCUT2D eigenvalue weighted by Gasteiger charge is -2.32. The lowest BCUT2D eigenvalue weighted by Crippen LogP contribution is -2.42. The van der Waals surface area contributed by atoms with Crippen molar-refractivity contribution in [1.29, 1.82) is 0 Å². The van der Waals surface area contributed by atoms with Gasteiger partial charge >= 0.3 is 0 Å². The Morgan fingerprint density at radius 3 is 2.95 bits per heavy atom. The van der Waals surface area contributed by atoms with E-state index in [9.17, 15) is 4.79 Å². The molecule has 1 fully saturated rings. The fourth-order valence-electron chi connectivity index (χ4n) is 2.09. The van der Waals surface area contributed by atoms with E-state index in [1.807, 2.05) is 17.0 Å². The highest BCUT2D eigenvalue weighted by Crippen LogP contribution is 2.23. The highest BCUT2D eigenvalue weighted by atomic mass is 32.1. The van der Waals surface area contributed by atoms with Gasteiger partial charge in [0, 0.05) is 18.9 Å². The van der Waals surface area contributed by atoms with Crippen LogP contribution in [0.1, 0.15) is 21.3 Å². The maximum Gasteiger partial charge on any atom is 0.265 e. The molecule has 0 aliphatic carbocycles. The molecule has 3 heterocycles. The van der Waals surface area contributed by atoms with Gasteiger partial charge in [0.1, 0.15) is 11.0 Å². The van der Waals surface area contributed by atoms with E-state index in [2.05, 4.69) is 9.97 Å². The SMILES string of the molecule is O=C(c1cncs1)N1CCO[C@H](c2ccncc2)C1. The monoisotopic (exact) mass is 275 g/mol. The predicted molar refractivity (Wildman–Crippen MR) is 70.9 cm³/mol. The number of amides is 1. The molecule has 1 aliphatic rings. The van der Waals surface area contributed by atoms with E-state index in [4.69, 9.17) is 4.74 Å². The van der Waals surface area contributed by atoms with Crippen LogP contribution in [-0.2, 0) is 4.74 Å². The van der Waals surface area contributed by atoms with Crippen molar-refractivity contribution in [3.05, 3.63) is 46.7 Å². The van der Waals surface area contributed by atoms with Gasteiger partial charge in [-0.25, -0.2) is 0 Å². The quantitative estimate of drug-likeness (QED) is 0.838. The summed E-state index contributed by atoms with van der Waals surface area (Å²) >= 11 is 1.37. The Kier molecular flexibility index (Phi) is 3.52. The number of thiazole rings is 1. The van der Waals surface area contributed by atoms with Gasteiger partial charge in [0.15, 0.2) is 0 Å². The molecule has 1 atom stereocenters. The van der Waals surface area contributed by atoms with Crippen molar-refractivity contribution in [3.8, 4) is 0 Å². The molecule has 2 aromatic heterocycles. The number of aromatic nitrogens is 2. The molecular formula is C13H13N3O2S. The van der Waals surface area contributed by atoms with Crippen molar-refractivity contribution < 1.29 is 9.53 Å². The third-order valence-corrected chi connectivity index (χ3v) is 3.84. The normalized spacial score (nSPS) is 19.4. The Morgan fingerprint density at radius 1 is 1.37 bits per heavy atom. The van der Waals surface area contributed by atoms with Crippen LogP contribution >= 0.6 is 11.3 Å². The van der Waals surface area contributed by atoms with Crippen LogP contribution in [0.15, 0.2) is 36.2 Å². The highest BCUT2D eigenvalue weighted by Gasteiger charge is 2.26. The second kappa shape index (κ2) is 5.46. The predicted octanol–water partition coefficient (Wildman–Crippen LogP) is 1.75. The van der Waals surface area contributed by atoms with Gasteiger partial charge in [-0.3, -0.25) is 14.8 Å². The van der Waals surface area contributed by atoms with E-state index in [0.717, 1.165) is 5.56 Å². The number of hydrogen-bond donors (Lipinski definition) is 0. The van der Waals surface area contributed by atoms with E-state index in [0.29, 0.717) is 24.6 Å². The summed E-state index contributed by atoms with van der Waals surface area (Å²) in [5.74, 6) is 0.0323. The number of carbonyl (C=O) groups excluding carboxylic acids is 1. The molecule has 1 amide bonds. The maximum atomic E-state index is 12.3. The lowest BCUT2D eigenvalue weighted by atomic mass is 10.1. The van der Waals surface area contributed by atoms with Crippen molar-refractivity contribution in [2.45, 2.75) is 6.10 Å². The average Bonchev–Trinajstić information content (AvgIpc) is 3.02. The van der Waals surface area contributed by atoms with Gasteiger partial charge in [0.25, 0.3) is 5.91 Å². The van der Waals surface area contributed by atoms with Gasteiger partial charge in [-0.1, -0.05) is 0 Å². The van der Waals surface area contributed by atoms with Crippen molar-refractivity contribution in [2.75, 3.05) is 19.7 Å². The van der Waals surface area contributed by atoms with Gasteiger partial charge in [-0.15, -0.1) is 11.3 Å². The summed E-state index contributed by atoms with van der Waals surface area (Å²) in [4.78, 5) is 22.7. The molecule has 6 heteroatoms. The molecule has 0 radical (unpaired) electrons. The molecule has 0 unspecified atom stereocenters. The third-order valence-electron chi connectivity index (χ3n) is 3.07.